The maximum atomic E-state index is 12.4. The van der Waals surface area contributed by atoms with E-state index in [9.17, 15) is 18.0 Å². The Morgan fingerprint density at radius 1 is 1.09 bits per heavy atom. The van der Waals surface area contributed by atoms with Crippen LogP contribution in [0.5, 0.6) is 5.75 Å². The predicted octanol–water partition coefficient (Wildman–Crippen LogP) is 6.22. The molecule has 1 atom stereocenters. The standard InChI is InChI=1S/C22H32F3N3O5Si/c1-20(2,3)32-19(29)26-16(13-30-34(7,8)21(4,5)6)17-27-18(33-28-17)14-9-11-15(12-10-14)31-22(23,24)25/h9-12,16H,13H2,1-8H3,(H,26,29)/t16-/m0/s1. The molecular weight excluding hydrogens is 471 g/mol. The number of amides is 1. The van der Waals surface area contributed by atoms with Crippen LogP contribution in [0, 0.1) is 0 Å². The fraction of sp³-hybridized carbons (Fsp3) is 0.591. The van der Waals surface area contributed by atoms with E-state index in [4.69, 9.17) is 13.7 Å². The van der Waals surface area contributed by atoms with Crippen molar-refractivity contribution in [2.75, 3.05) is 6.61 Å². The number of nitrogens with zero attached hydrogens (tertiary/aromatic N) is 2. The summed E-state index contributed by atoms with van der Waals surface area (Å²) < 4.78 is 57.9. The molecule has 1 aromatic heterocycles. The highest BCUT2D eigenvalue weighted by molar-refractivity contribution is 6.74. The quantitative estimate of drug-likeness (QED) is 0.448. The van der Waals surface area contributed by atoms with Gasteiger partial charge >= 0.3 is 12.5 Å². The van der Waals surface area contributed by atoms with Crippen molar-refractivity contribution >= 4 is 14.4 Å². The van der Waals surface area contributed by atoms with E-state index in [-0.39, 0.29) is 29.1 Å². The number of carbonyl (C=O) groups excluding carboxylic acids is 1. The lowest BCUT2D eigenvalue weighted by Crippen LogP contribution is -2.44. The summed E-state index contributed by atoms with van der Waals surface area (Å²) in [4.78, 5) is 16.7. The minimum absolute atomic E-state index is 0.0634. The molecule has 12 heteroatoms. The van der Waals surface area contributed by atoms with Gasteiger partial charge in [0.15, 0.2) is 14.1 Å². The molecule has 0 unspecified atom stereocenters. The van der Waals surface area contributed by atoms with E-state index in [1.165, 1.54) is 12.1 Å². The number of hydrogen-bond donors (Lipinski definition) is 1. The number of carbonyl (C=O) groups is 1. The zero-order chi connectivity index (χ0) is 25.9. The van der Waals surface area contributed by atoms with Crippen LogP contribution in [-0.2, 0) is 9.16 Å². The van der Waals surface area contributed by atoms with Crippen LogP contribution in [0.2, 0.25) is 18.1 Å². The molecule has 0 aliphatic carbocycles. The first-order valence-electron chi connectivity index (χ1n) is 10.7. The molecule has 0 radical (unpaired) electrons. The Labute approximate surface area is 198 Å². The highest BCUT2D eigenvalue weighted by Gasteiger charge is 2.38. The summed E-state index contributed by atoms with van der Waals surface area (Å²) in [5.74, 6) is -0.157. The summed E-state index contributed by atoms with van der Waals surface area (Å²) in [6.45, 7) is 15.7. The fourth-order valence-corrected chi connectivity index (χ4v) is 3.45. The molecule has 1 heterocycles. The molecule has 2 rings (SSSR count). The molecule has 190 valence electrons. The number of alkyl carbamates (subject to hydrolysis) is 1. The molecule has 0 spiro atoms. The van der Waals surface area contributed by atoms with E-state index >= 15 is 0 Å². The topological polar surface area (TPSA) is 95.7 Å². The molecule has 0 saturated heterocycles. The SMILES string of the molecule is CC(C)(C)OC(=O)N[C@@H](CO[Si](C)(C)C(C)(C)C)c1noc(-c2ccc(OC(F)(F)F)cc2)n1. The number of ether oxygens (including phenoxy) is 2. The van der Waals surface area contributed by atoms with Crippen LogP contribution < -0.4 is 10.1 Å². The van der Waals surface area contributed by atoms with Crippen molar-refractivity contribution < 1.29 is 36.4 Å². The normalized spacial score (nSPS) is 14.0. The van der Waals surface area contributed by atoms with Crippen LogP contribution in [0.25, 0.3) is 11.5 Å². The zero-order valence-electron chi connectivity index (χ0n) is 20.7. The average molecular weight is 504 g/mol. The molecule has 0 bridgehead atoms. The first kappa shape index (κ1) is 27.6. The lowest BCUT2D eigenvalue weighted by molar-refractivity contribution is -0.274. The van der Waals surface area contributed by atoms with Gasteiger partial charge in [0, 0.05) is 5.56 Å². The van der Waals surface area contributed by atoms with Crippen LogP contribution in [0.15, 0.2) is 28.8 Å². The second kappa shape index (κ2) is 9.94. The van der Waals surface area contributed by atoms with Crippen LogP contribution in [0.3, 0.4) is 0 Å². The highest BCUT2D eigenvalue weighted by atomic mass is 28.4. The number of nitrogens with one attached hydrogen (secondary N) is 1. The number of hydrogen-bond acceptors (Lipinski definition) is 7. The first-order valence-corrected chi connectivity index (χ1v) is 13.6. The third-order valence-electron chi connectivity index (χ3n) is 5.20. The van der Waals surface area contributed by atoms with Gasteiger partial charge in [0.2, 0.25) is 0 Å². The van der Waals surface area contributed by atoms with Crippen molar-refractivity contribution in [2.24, 2.45) is 0 Å². The van der Waals surface area contributed by atoms with E-state index in [0.29, 0.717) is 5.56 Å². The van der Waals surface area contributed by atoms with Gasteiger partial charge in [0.1, 0.15) is 17.4 Å². The minimum atomic E-state index is -4.79. The second-order valence-electron chi connectivity index (χ2n) is 10.3. The Hall–Kier alpha value is -2.60. The number of alkyl halides is 3. The molecule has 1 aromatic carbocycles. The summed E-state index contributed by atoms with van der Waals surface area (Å²) in [5, 5.41) is 6.61. The van der Waals surface area contributed by atoms with Gasteiger partial charge in [0.25, 0.3) is 5.89 Å². The zero-order valence-corrected chi connectivity index (χ0v) is 21.7. The molecular formula is C22H32F3N3O5Si. The molecule has 8 nitrogen and oxygen atoms in total. The summed E-state index contributed by atoms with van der Waals surface area (Å²) >= 11 is 0. The molecule has 0 aliphatic heterocycles. The third kappa shape index (κ3) is 8.31. The summed E-state index contributed by atoms with van der Waals surface area (Å²) in [7, 11) is -2.17. The number of benzene rings is 1. The fourth-order valence-electron chi connectivity index (χ4n) is 2.43. The lowest BCUT2D eigenvalue weighted by atomic mass is 10.2. The van der Waals surface area contributed by atoms with Crippen molar-refractivity contribution in [3.63, 3.8) is 0 Å². The second-order valence-corrected chi connectivity index (χ2v) is 15.1. The van der Waals surface area contributed by atoms with Crippen LogP contribution in [0.4, 0.5) is 18.0 Å². The van der Waals surface area contributed by atoms with Gasteiger partial charge in [-0.1, -0.05) is 25.9 Å². The van der Waals surface area contributed by atoms with Gasteiger partial charge in [-0.25, -0.2) is 4.79 Å². The Morgan fingerprint density at radius 2 is 1.68 bits per heavy atom. The summed E-state index contributed by atoms with van der Waals surface area (Å²) in [5.41, 5.74) is -0.327. The van der Waals surface area contributed by atoms with E-state index in [1.54, 1.807) is 20.8 Å². The Balaban J connectivity index is 2.24. The monoisotopic (exact) mass is 503 g/mol. The van der Waals surface area contributed by atoms with Gasteiger partial charge in [-0.15, -0.1) is 13.2 Å². The van der Waals surface area contributed by atoms with Crippen LogP contribution >= 0.6 is 0 Å². The van der Waals surface area contributed by atoms with Crippen molar-refractivity contribution in [1.29, 1.82) is 0 Å². The van der Waals surface area contributed by atoms with Crippen molar-refractivity contribution in [3.05, 3.63) is 30.1 Å². The predicted molar refractivity (Wildman–Crippen MR) is 122 cm³/mol. The maximum Gasteiger partial charge on any atom is 0.573 e. The Morgan fingerprint density at radius 3 is 2.18 bits per heavy atom. The molecule has 2 aromatic rings. The lowest BCUT2D eigenvalue weighted by Gasteiger charge is -2.37. The molecule has 0 aliphatic rings. The molecule has 0 fully saturated rings. The van der Waals surface area contributed by atoms with Gasteiger partial charge < -0.3 is 23.7 Å². The van der Waals surface area contributed by atoms with E-state index in [2.05, 4.69) is 54.1 Å². The average Bonchev–Trinajstić information content (AvgIpc) is 3.12. The largest absolute Gasteiger partial charge is 0.573 e. The number of aromatic nitrogens is 2. The van der Waals surface area contributed by atoms with E-state index in [1.807, 2.05) is 0 Å². The van der Waals surface area contributed by atoms with Crippen molar-refractivity contribution in [2.45, 2.75) is 77.7 Å². The van der Waals surface area contributed by atoms with Crippen molar-refractivity contribution in [1.82, 2.24) is 15.5 Å². The Kier molecular flexibility index (Phi) is 8.08. The molecule has 34 heavy (non-hydrogen) atoms. The van der Waals surface area contributed by atoms with E-state index in [0.717, 1.165) is 12.1 Å². The summed E-state index contributed by atoms with van der Waals surface area (Å²) in [6, 6.07) is 4.24. The van der Waals surface area contributed by atoms with Crippen molar-refractivity contribution in [3.8, 4) is 17.2 Å². The third-order valence-corrected chi connectivity index (χ3v) is 9.70. The minimum Gasteiger partial charge on any atom is -0.444 e. The molecule has 0 saturated carbocycles. The molecule has 1 amide bonds. The molecule has 1 N–H and O–H groups in total. The maximum absolute atomic E-state index is 12.4. The number of halogens is 3. The van der Waals surface area contributed by atoms with Crippen LogP contribution in [0.1, 0.15) is 53.4 Å². The Bertz CT molecular complexity index is 964. The number of rotatable bonds is 7. The smallest absolute Gasteiger partial charge is 0.444 e. The van der Waals surface area contributed by atoms with Gasteiger partial charge in [-0.05, 0) is 63.2 Å². The first-order chi connectivity index (χ1) is 15.4. The highest BCUT2D eigenvalue weighted by Crippen LogP contribution is 2.37. The summed E-state index contributed by atoms with van der Waals surface area (Å²) in [6.07, 6.45) is -5.46. The van der Waals surface area contributed by atoms with Gasteiger partial charge in [-0.2, -0.15) is 4.98 Å². The van der Waals surface area contributed by atoms with E-state index < -0.39 is 32.4 Å². The van der Waals surface area contributed by atoms with Gasteiger partial charge in [0.05, 0.1) is 6.61 Å². The van der Waals surface area contributed by atoms with Crippen LogP contribution in [-0.4, -0.2) is 43.1 Å². The van der Waals surface area contributed by atoms with Gasteiger partial charge in [-0.3, -0.25) is 0 Å².